The zero-order valence-electron chi connectivity index (χ0n) is 14.4. The summed E-state index contributed by atoms with van der Waals surface area (Å²) in [6.45, 7) is 0.590. The molecule has 1 unspecified atom stereocenters. The van der Waals surface area contributed by atoms with E-state index in [2.05, 4.69) is 5.32 Å². The molecule has 1 aliphatic heterocycles. The zero-order chi connectivity index (χ0) is 19.4. The molecule has 0 saturated carbocycles. The van der Waals surface area contributed by atoms with E-state index in [1.807, 2.05) is 41.3 Å². The molecule has 8 heteroatoms. The highest BCUT2D eigenvalue weighted by Crippen LogP contribution is 2.26. The molecule has 1 fully saturated rings. The van der Waals surface area contributed by atoms with Gasteiger partial charge < -0.3 is 5.32 Å². The van der Waals surface area contributed by atoms with Crippen LogP contribution in [-0.4, -0.2) is 43.8 Å². The number of amides is 1. The Morgan fingerprint density at radius 3 is 2.41 bits per heavy atom. The first-order valence-electron chi connectivity index (χ1n) is 8.39. The molecule has 0 spiro atoms. The highest BCUT2D eigenvalue weighted by atomic mass is 35.5. The molecule has 1 aliphatic rings. The lowest BCUT2D eigenvalue weighted by molar-refractivity contribution is -0.121. The number of carbonyl (C=O) groups excluding carboxylic acids is 1. The van der Waals surface area contributed by atoms with Crippen molar-refractivity contribution in [3.05, 3.63) is 64.7 Å². The van der Waals surface area contributed by atoms with Crippen LogP contribution in [0.2, 0.25) is 5.02 Å². The fourth-order valence-corrected chi connectivity index (χ4v) is 4.49. The Hall–Kier alpha value is -2.40. The van der Waals surface area contributed by atoms with Crippen LogP contribution in [0.15, 0.2) is 48.5 Å². The van der Waals surface area contributed by atoms with E-state index in [1.165, 1.54) is 6.07 Å². The largest absolute Gasteiger partial charge is 0.324 e. The van der Waals surface area contributed by atoms with Crippen molar-refractivity contribution in [1.82, 2.24) is 4.90 Å². The summed E-state index contributed by atoms with van der Waals surface area (Å²) in [7, 11) is -3.05. The number of hydrogen-bond donors (Lipinski definition) is 1. The number of sulfone groups is 1. The first-order chi connectivity index (χ1) is 12.9. The minimum atomic E-state index is -3.05. The average molecular weight is 404 g/mol. The molecule has 0 radical (unpaired) electrons. The topological polar surface area (TPSA) is 90.3 Å². The number of carbonyl (C=O) groups is 1. The summed E-state index contributed by atoms with van der Waals surface area (Å²) in [5.74, 6) is -0.209. The number of halogens is 1. The van der Waals surface area contributed by atoms with Crippen LogP contribution in [0.1, 0.15) is 17.2 Å². The number of nitrogens with zero attached hydrogens (tertiary/aromatic N) is 2. The first kappa shape index (κ1) is 19.4. The molecule has 6 nitrogen and oxygen atoms in total. The lowest BCUT2D eigenvalue weighted by Crippen LogP contribution is -2.46. The van der Waals surface area contributed by atoms with Crippen molar-refractivity contribution in [3.63, 3.8) is 0 Å². The van der Waals surface area contributed by atoms with Crippen molar-refractivity contribution >= 4 is 33.0 Å². The van der Waals surface area contributed by atoms with E-state index in [0.29, 0.717) is 24.3 Å². The summed E-state index contributed by atoms with van der Waals surface area (Å²) in [4.78, 5) is 14.9. The fourth-order valence-electron chi connectivity index (χ4n) is 3.04. The van der Waals surface area contributed by atoms with Crippen LogP contribution in [0.3, 0.4) is 0 Å². The minimum Gasteiger partial charge on any atom is -0.324 e. The zero-order valence-corrected chi connectivity index (χ0v) is 16.0. The van der Waals surface area contributed by atoms with Gasteiger partial charge in [0.2, 0.25) is 5.91 Å². The molecule has 0 aromatic heterocycles. The normalized spacial score (nSPS) is 17.6. The first-order valence-corrected chi connectivity index (χ1v) is 10.6. The van der Waals surface area contributed by atoms with Crippen LogP contribution in [0.25, 0.3) is 0 Å². The number of rotatable bonds is 4. The molecule has 27 heavy (non-hydrogen) atoms. The van der Waals surface area contributed by atoms with Gasteiger partial charge >= 0.3 is 0 Å². The van der Waals surface area contributed by atoms with Crippen molar-refractivity contribution in [3.8, 4) is 6.07 Å². The highest BCUT2D eigenvalue weighted by Gasteiger charge is 2.32. The Morgan fingerprint density at radius 2 is 1.81 bits per heavy atom. The van der Waals surface area contributed by atoms with Crippen LogP contribution in [0.5, 0.6) is 0 Å². The van der Waals surface area contributed by atoms with Gasteiger partial charge in [-0.1, -0.05) is 41.9 Å². The van der Waals surface area contributed by atoms with Gasteiger partial charge in [-0.2, -0.15) is 5.26 Å². The number of nitrogens with one attached hydrogen (secondary N) is 1. The predicted molar refractivity (Wildman–Crippen MR) is 104 cm³/mol. The van der Waals surface area contributed by atoms with Crippen LogP contribution in [0, 0.1) is 11.3 Å². The quantitative estimate of drug-likeness (QED) is 0.847. The molecule has 1 atom stereocenters. The maximum absolute atomic E-state index is 13.0. The molecule has 1 amide bonds. The Morgan fingerprint density at radius 1 is 1.15 bits per heavy atom. The smallest absolute Gasteiger partial charge is 0.246 e. The van der Waals surface area contributed by atoms with Crippen LogP contribution in [0.4, 0.5) is 5.69 Å². The lowest BCUT2D eigenvalue weighted by atomic mass is 10.0. The van der Waals surface area contributed by atoms with Crippen molar-refractivity contribution in [2.45, 2.75) is 6.04 Å². The molecule has 0 bridgehead atoms. The van der Waals surface area contributed by atoms with Gasteiger partial charge in [-0.3, -0.25) is 9.69 Å². The summed E-state index contributed by atoms with van der Waals surface area (Å²) in [6, 6.07) is 15.3. The van der Waals surface area contributed by atoms with Crippen LogP contribution >= 0.6 is 11.6 Å². The van der Waals surface area contributed by atoms with E-state index in [-0.39, 0.29) is 22.4 Å². The van der Waals surface area contributed by atoms with Gasteiger partial charge in [0.15, 0.2) is 9.84 Å². The number of nitriles is 1. The van der Waals surface area contributed by atoms with Crippen molar-refractivity contribution < 1.29 is 13.2 Å². The molecular formula is C19H18ClN3O3S. The van der Waals surface area contributed by atoms with E-state index in [0.717, 1.165) is 5.56 Å². The minimum absolute atomic E-state index is 0.0340. The molecular weight excluding hydrogens is 386 g/mol. The maximum atomic E-state index is 13.0. The molecule has 1 N–H and O–H groups in total. The average Bonchev–Trinajstić information content (AvgIpc) is 2.64. The molecule has 2 aromatic rings. The second-order valence-electron chi connectivity index (χ2n) is 6.30. The monoisotopic (exact) mass is 403 g/mol. The van der Waals surface area contributed by atoms with Crippen molar-refractivity contribution in [1.29, 1.82) is 5.26 Å². The Bertz CT molecular complexity index is 973. The summed E-state index contributed by atoms with van der Waals surface area (Å²) < 4.78 is 23.5. The third-order valence-electron chi connectivity index (χ3n) is 4.46. The molecule has 0 aliphatic carbocycles. The van der Waals surface area contributed by atoms with E-state index < -0.39 is 15.9 Å². The van der Waals surface area contributed by atoms with Gasteiger partial charge in [0, 0.05) is 18.8 Å². The van der Waals surface area contributed by atoms with E-state index in [1.54, 1.807) is 12.1 Å². The predicted octanol–water partition coefficient (Wildman–Crippen LogP) is 2.62. The van der Waals surface area contributed by atoms with Gasteiger partial charge in [0.05, 0.1) is 22.1 Å². The van der Waals surface area contributed by atoms with Crippen LogP contribution < -0.4 is 5.32 Å². The van der Waals surface area contributed by atoms with Crippen LogP contribution in [-0.2, 0) is 14.6 Å². The van der Waals surface area contributed by atoms with Gasteiger partial charge in [0.1, 0.15) is 12.1 Å². The number of hydrogen-bond acceptors (Lipinski definition) is 5. The summed E-state index contributed by atoms with van der Waals surface area (Å²) >= 11 is 6.04. The van der Waals surface area contributed by atoms with Crippen molar-refractivity contribution in [2.75, 3.05) is 29.9 Å². The number of anilines is 1. The molecule has 1 saturated heterocycles. The Balaban J connectivity index is 1.85. The summed E-state index contributed by atoms with van der Waals surface area (Å²) in [5.41, 5.74) is 1.60. The lowest BCUT2D eigenvalue weighted by Gasteiger charge is -2.33. The maximum Gasteiger partial charge on any atom is 0.246 e. The molecule has 2 aromatic carbocycles. The second-order valence-corrected chi connectivity index (χ2v) is 9.01. The second kappa shape index (κ2) is 8.09. The van der Waals surface area contributed by atoms with Gasteiger partial charge in [-0.15, -0.1) is 0 Å². The Labute approximate surface area is 163 Å². The van der Waals surface area contributed by atoms with E-state index in [9.17, 15) is 13.2 Å². The molecule has 3 rings (SSSR count). The third kappa shape index (κ3) is 4.66. The molecule has 1 heterocycles. The summed E-state index contributed by atoms with van der Waals surface area (Å²) in [6.07, 6.45) is 0. The van der Waals surface area contributed by atoms with E-state index >= 15 is 0 Å². The van der Waals surface area contributed by atoms with Gasteiger partial charge in [-0.05, 0) is 23.8 Å². The fraction of sp³-hybridized carbons (Fsp3) is 0.263. The van der Waals surface area contributed by atoms with Crippen molar-refractivity contribution in [2.24, 2.45) is 0 Å². The highest BCUT2D eigenvalue weighted by molar-refractivity contribution is 7.91. The third-order valence-corrected chi connectivity index (χ3v) is 6.39. The van der Waals surface area contributed by atoms with Gasteiger partial charge in [-0.25, -0.2) is 8.42 Å². The summed E-state index contributed by atoms with van der Waals surface area (Å²) in [5, 5.41) is 12.0. The number of benzene rings is 2. The van der Waals surface area contributed by atoms with E-state index in [4.69, 9.17) is 16.9 Å². The standard InChI is InChI=1S/C19H18ClN3O3S/c20-17-12-16(7-6-15(17)13-21)22-19(24)18(14-4-2-1-3-5-14)23-8-10-27(25,26)11-9-23/h1-7,12,18H,8-11H2,(H,22,24). The Kier molecular flexibility index (Phi) is 5.80. The van der Waals surface area contributed by atoms with Gasteiger partial charge in [0.25, 0.3) is 0 Å². The molecule has 140 valence electrons. The SMILES string of the molecule is N#Cc1ccc(NC(=O)C(c2ccccc2)N2CCS(=O)(=O)CC2)cc1Cl.